The molecule has 0 aliphatic carbocycles. The predicted octanol–water partition coefficient (Wildman–Crippen LogP) is 1.44. The monoisotopic (exact) mass is 346 g/mol. The van der Waals surface area contributed by atoms with Crippen molar-refractivity contribution in [1.29, 1.82) is 0 Å². The van der Waals surface area contributed by atoms with Crippen LogP contribution in [0.15, 0.2) is 28.9 Å². The number of nitrogens with one attached hydrogen (secondary N) is 1. The third kappa shape index (κ3) is 4.93. The molecule has 3 heterocycles. The molecule has 1 fully saturated rings. The van der Waals surface area contributed by atoms with Gasteiger partial charge in [-0.15, -0.1) is 0 Å². The van der Waals surface area contributed by atoms with Gasteiger partial charge in [0.2, 0.25) is 5.91 Å². The van der Waals surface area contributed by atoms with Gasteiger partial charge in [-0.1, -0.05) is 0 Å². The molecule has 1 aliphatic heterocycles. The van der Waals surface area contributed by atoms with Crippen LogP contribution in [0.5, 0.6) is 0 Å². The first-order chi connectivity index (χ1) is 12.1. The third-order valence-electron chi connectivity index (χ3n) is 4.47. The molecule has 1 N–H and O–H groups in total. The smallest absolute Gasteiger partial charge is 0.220 e. The van der Waals surface area contributed by atoms with Crippen LogP contribution >= 0.6 is 0 Å². The van der Waals surface area contributed by atoms with Crippen LogP contribution in [0.1, 0.15) is 29.5 Å². The number of nitrogens with zero attached hydrogens (tertiary/aromatic N) is 3. The van der Waals surface area contributed by atoms with E-state index in [-0.39, 0.29) is 11.9 Å². The number of carbonyl (C=O) groups is 1. The minimum absolute atomic E-state index is 0.0416. The number of rotatable bonds is 7. The van der Waals surface area contributed by atoms with E-state index in [2.05, 4.69) is 15.3 Å². The zero-order valence-corrected chi connectivity index (χ0v) is 14.9. The van der Waals surface area contributed by atoms with Crippen molar-refractivity contribution in [3.8, 4) is 0 Å². The van der Waals surface area contributed by atoms with E-state index < -0.39 is 0 Å². The van der Waals surface area contributed by atoms with Gasteiger partial charge < -0.3 is 14.5 Å². The summed E-state index contributed by atoms with van der Waals surface area (Å²) in [5, 5.41) is 7.18. The third-order valence-corrected chi connectivity index (χ3v) is 4.47. The molecule has 136 valence electrons. The van der Waals surface area contributed by atoms with Crippen LogP contribution in [0.3, 0.4) is 0 Å². The fourth-order valence-corrected chi connectivity index (χ4v) is 3.09. The molecule has 1 atom stereocenters. The van der Waals surface area contributed by atoms with Crippen molar-refractivity contribution in [1.82, 2.24) is 20.0 Å². The van der Waals surface area contributed by atoms with Crippen LogP contribution in [0, 0.1) is 6.92 Å². The van der Waals surface area contributed by atoms with Crippen LogP contribution in [-0.4, -0.2) is 53.4 Å². The Kier molecular flexibility index (Phi) is 5.88. The average Bonchev–Trinajstić information content (AvgIpc) is 3.23. The van der Waals surface area contributed by atoms with E-state index in [1.165, 1.54) is 0 Å². The maximum Gasteiger partial charge on any atom is 0.220 e. The van der Waals surface area contributed by atoms with Crippen LogP contribution in [0.2, 0.25) is 0 Å². The second-order valence-electron chi connectivity index (χ2n) is 6.44. The molecule has 2 aromatic heterocycles. The maximum absolute atomic E-state index is 12.2. The highest BCUT2D eigenvalue weighted by Crippen LogP contribution is 2.23. The zero-order valence-electron chi connectivity index (χ0n) is 14.9. The molecule has 1 aliphatic rings. The Bertz CT molecular complexity index is 688. The molecular formula is C18H26N4O3. The Balaban J connectivity index is 1.55. The van der Waals surface area contributed by atoms with Crippen molar-refractivity contribution in [3.05, 3.63) is 41.6 Å². The number of amides is 1. The standard InChI is InChI=1S/C18H26N4O3/c1-14-3-5-17(25-14)16(22-7-9-24-10-8-22)12-19-18(23)6-4-15-11-20-21(2)13-15/h3,5,11,13,16H,4,6-10,12H2,1-2H3,(H,19,23)/t16-/m0/s1. The van der Waals surface area contributed by atoms with Gasteiger partial charge in [-0.3, -0.25) is 14.4 Å². The van der Waals surface area contributed by atoms with Crippen molar-refractivity contribution in [3.63, 3.8) is 0 Å². The van der Waals surface area contributed by atoms with Crippen LogP contribution in [0.25, 0.3) is 0 Å². The van der Waals surface area contributed by atoms with Gasteiger partial charge in [-0.2, -0.15) is 5.10 Å². The topological polar surface area (TPSA) is 72.5 Å². The SMILES string of the molecule is Cc1ccc([C@H](CNC(=O)CCc2cnn(C)c2)N2CCOCC2)o1. The van der Waals surface area contributed by atoms with E-state index in [9.17, 15) is 4.79 Å². The first-order valence-corrected chi connectivity index (χ1v) is 8.74. The summed E-state index contributed by atoms with van der Waals surface area (Å²) in [6.07, 6.45) is 4.89. The molecule has 7 nitrogen and oxygen atoms in total. The number of ether oxygens (including phenoxy) is 1. The molecule has 25 heavy (non-hydrogen) atoms. The van der Waals surface area contributed by atoms with Gasteiger partial charge >= 0.3 is 0 Å². The molecular weight excluding hydrogens is 320 g/mol. The second kappa shape index (κ2) is 8.31. The zero-order chi connectivity index (χ0) is 17.6. The summed E-state index contributed by atoms with van der Waals surface area (Å²) in [6, 6.07) is 4.00. The fourth-order valence-electron chi connectivity index (χ4n) is 3.09. The molecule has 0 spiro atoms. The molecule has 0 saturated carbocycles. The lowest BCUT2D eigenvalue weighted by atomic mass is 10.1. The number of hydrogen-bond acceptors (Lipinski definition) is 5. The van der Waals surface area contributed by atoms with E-state index in [4.69, 9.17) is 9.15 Å². The highest BCUT2D eigenvalue weighted by atomic mass is 16.5. The number of carbonyl (C=O) groups excluding carboxylic acids is 1. The summed E-state index contributed by atoms with van der Waals surface area (Å²) in [4.78, 5) is 14.5. The van der Waals surface area contributed by atoms with Gasteiger partial charge in [0, 0.05) is 39.3 Å². The molecule has 1 amide bonds. The number of aromatic nitrogens is 2. The highest BCUT2D eigenvalue weighted by molar-refractivity contribution is 5.76. The molecule has 3 rings (SSSR count). The Morgan fingerprint density at radius 1 is 1.36 bits per heavy atom. The van der Waals surface area contributed by atoms with Crippen LogP contribution in [0.4, 0.5) is 0 Å². The van der Waals surface area contributed by atoms with Crippen LogP contribution in [-0.2, 0) is 23.0 Å². The van der Waals surface area contributed by atoms with E-state index in [1.807, 2.05) is 32.3 Å². The van der Waals surface area contributed by atoms with Crippen molar-refractivity contribution in [2.24, 2.45) is 7.05 Å². The normalized spacial score (nSPS) is 16.7. The second-order valence-corrected chi connectivity index (χ2v) is 6.44. The van der Waals surface area contributed by atoms with Crippen molar-refractivity contribution in [2.45, 2.75) is 25.8 Å². The molecule has 0 aromatic carbocycles. The lowest BCUT2D eigenvalue weighted by Gasteiger charge is -2.33. The van der Waals surface area contributed by atoms with E-state index in [1.54, 1.807) is 10.9 Å². The minimum atomic E-state index is 0.0416. The van der Waals surface area contributed by atoms with Crippen molar-refractivity contribution >= 4 is 5.91 Å². The summed E-state index contributed by atoms with van der Waals surface area (Å²) >= 11 is 0. The number of hydrogen-bond donors (Lipinski definition) is 1. The van der Waals surface area contributed by atoms with Gasteiger partial charge in [0.15, 0.2) is 0 Å². The fraction of sp³-hybridized carbons (Fsp3) is 0.556. The lowest BCUT2D eigenvalue weighted by Crippen LogP contribution is -2.43. The van der Waals surface area contributed by atoms with E-state index in [0.717, 1.165) is 30.2 Å². The molecule has 0 radical (unpaired) electrons. The Morgan fingerprint density at radius 3 is 2.80 bits per heavy atom. The largest absolute Gasteiger partial charge is 0.465 e. The summed E-state index contributed by atoms with van der Waals surface area (Å²) < 4.78 is 13.0. The summed E-state index contributed by atoms with van der Waals surface area (Å²) in [5.74, 6) is 1.83. The van der Waals surface area contributed by atoms with E-state index in [0.29, 0.717) is 32.6 Å². The number of furan rings is 1. The minimum Gasteiger partial charge on any atom is -0.465 e. The van der Waals surface area contributed by atoms with Crippen molar-refractivity contribution < 1.29 is 13.9 Å². The number of aryl methyl sites for hydroxylation is 3. The summed E-state index contributed by atoms with van der Waals surface area (Å²) in [5.41, 5.74) is 1.07. The Morgan fingerprint density at radius 2 is 2.16 bits per heavy atom. The number of morpholine rings is 1. The maximum atomic E-state index is 12.2. The summed E-state index contributed by atoms with van der Waals surface area (Å²) in [6.45, 7) is 5.59. The molecule has 2 aromatic rings. The predicted molar refractivity (Wildman–Crippen MR) is 93.1 cm³/mol. The molecule has 1 saturated heterocycles. The van der Waals surface area contributed by atoms with Crippen LogP contribution < -0.4 is 5.32 Å². The van der Waals surface area contributed by atoms with Gasteiger partial charge in [0.1, 0.15) is 11.5 Å². The Labute approximate surface area is 147 Å². The van der Waals surface area contributed by atoms with Gasteiger partial charge in [0.25, 0.3) is 0 Å². The van der Waals surface area contributed by atoms with Gasteiger partial charge in [0.05, 0.1) is 25.5 Å². The summed E-state index contributed by atoms with van der Waals surface area (Å²) in [7, 11) is 1.88. The van der Waals surface area contributed by atoms with Gasteiger partial charge in [-0.05, 0) is 31.0 Å². The lowest BCUT2D eigenvalue weighted by molar-refractivity contribution is -0.121. The molecule has 0 unspecified atom stereocenters. The van der Waals surface area contributed by atoms with Crippen molar-refractivity contribution in [2.75, 3.05) is 32.8 Å². The highest BCUT2D eigenvalue weighted by Gasteiger charge is 2.25. The Hall–Kier alpha value is -2.12. The molecule has 7 heteroatoms. The average molecular weight is 346 g/mol. The molecule has 0 bridgehead atoms. The first kappa shape index (κ1) is 17.7. The van der Waals surface area contributed by atoms with E-state index >= 15 is 0 Å². The quantitative estimate of drug-likeness (QED) is 0.821. The first-order valence-electron chi connectivity index (χ1n) is 8.74. The van der Waals surface area contributed by atoms with Gasteiger partial charge in [-0.25, -0.2) is 0 Å².